The van der Waals surface area contributed by atoms with Crippen molar-refractivity contribution in [2.24, 2.45) is 26.8 Å². The summed E-state index contributed by atoms with van der Waals surface area (Å²) >= 11 is 0. The summed E-state index contributed by atoms with van der Waals surface area (Å²) in [6.45, 7) is 1.66. The molecule has 0 aliphatic heterocycles. The molecule has 0 atom stereocenters. The second kappa shape index (κ2) is 6.69. The van der Waals surface area contributed by atoms with Gasteiger partial charge < -0.3 is 11.5 Å². The second-order valence-corrected chi connectivity index (χ2v) is 3.44. The number of hydrogen-bond acceptors (Lipinski definition) is 6. The van der Waals surface area contributed by atoms with E-state index >= 15 is 0 Å². The van der Waals surface area contributed by atoms with Gasteiger partial charge in [-0.05, 0) is 19.1 Å². The van der Waals surface area contributed by atoms with Gasteiger partial charge >= 0.3 is 0 Å². The van der Waals surface area contributed by atoms with Crippen LogP contribution in [0.3, 0.4) is 0 Å². The van der Waals surface area contributed by atoms with Crippen LogP contribution in [0.4, 0.5) is 11.4 Å². The Morgan fingerprint density at radius 1 is 1.32 bits per heavy atom. The molecule has 1 aromatic carbocycles. The van der Waals surface area contributed by atoms with Gasteiger partial charge in [-0.1, -0.05) is 0 Å². The normalized spacial score (nSPS) is 11.3. The lowest BCUT2D eigenvalue weighted by atomic mass is 10.3. The molecule has 0 amide bonds. The number of anilines is 1. The summed E-state index contributed by atoms with van der Waals surface area (Å²) in [5.41, 5.74) is 14.0. The number of nitrogens with zero attached hydrogens (tertiary/aromatic N) is 4. The lowest BCUT2D eigenvalue weighted by molar-refractivity contribution is -0.384. The lowest BCUT2D eigenvalue weighted by Crippen LogP contribution is -2.22. The van der Waals surface area contributed by atoms with Crippen LogP contribution in [0, 0.1) is 10.1 Å². The highest BCUT2D eigenvalue weighted by Crippen LogP contribution is 2.14. The van der Waals surface area contributed by atoms with E-state index in [0.29, 0.717) is 11.4 Å². The highest BCUT2D eigenvalue weighted by atomic mass is 16.6. The molecule has 0 unspecified atom stereocenters. The molecule has 0 heterocycles. The molecule has 19 heavy (non-hydrogen) atoms. The van der Waals surface area contributed by atoms with Crippen molar-refractivity contribution in [2.75, 3.05) is 5.43 Å². The molecule has 5 N–H and O–H groups in total. The number of non-ortho nitro benzene ring substituents is 1. The number of nitro benzene ring substituents is 1. The van der Waals surface area contributed by atoms with Gasteiger partial charge in [0.05, 0.1) is 22.5 Å². The number of nitrogens with two attached hydrogens (primary N) is 2. The predicted octanol–water partition coefficient (Wildman–Crippen LogP) is 0.642. The van der Waals surface area contributed by atoms with Gasteiger partial charge in [0.15, 0.2) is 0 Å². The Morgan fingerprint density at radius 3 is 2.47 bits per heavy atom. The average Bonchev–Trinajstić information content (AvgIpc) is 2.37. The third kappa shape index (κ3) is 5.26. The van der Waals surface area contributed by atoms with Gasteiger partial charge in [0.2, 0.25) is 5.96 Å². The molecule has 0 bridgehead atoms. The average molecular weight is 263 g/mol. The van der Waals surface area contributed by atoms with Gasteiger partial charge in [0.1, 0.15) is 0 Å². The zero-order chi connectivity index (χ0) is 14.3. The molecule has 0 aliphatic rings. The van der Waals surface area contributed by atoms with Crippen LogP contribution in [-0.4, -0.2) is 22.8 Å². The fraction of sp³-hybridized carbons (Fsp3) is 0.100. The van der Waals surface area contributed by atoms with E-state index in [-0.39, 0.29) is 11.6 Å². The number of nitrogens with one attached hydrogen (secondary N) is 1. The summed E-state index contributed by atoms with van der Waals surface area (Å²) in [4.78, 5) is 9.98. The summed E-state index contributed by atoms with van der Waals surface area (Å²) in [7, 11) is 0. The van der Waals surface area contributed by atoms with Crippen LogP contribution in [0.1, 0.15) is 6.92 Å². The predicted molar refractivity (Wildman–Crippen MR) is 74.1 cm³/mol. The van der Waals surface area contributed by atoms with E-state index in [1.54, 1.807) is 6.92 Å². The minimum atomic E-state index is -0.473. The molecular formula is C10H13N7O2. The van der Waals surface area contributed by atoms with Crippen LogP contribution >= 0.6 is 0 Å². The van der Waals surface area contributed by atoms with Crippen molar-refractivity contribution in [3.63, 3.8) is 0 Å². The maximum Gasteiger partial charge on any atom is 0.269 e. The van der Waals surface area contributed by atoms with E-state index in [0.717, 1.165) is 0 Å². The molecule has 9 heteroatoms. The lowest BCUT2D eigenvalue weighted by Gasteiger charge is -1.98. The zero-order valence-corrected chi connectivity index (χ0v) is 10.1. The highest BCUT2D eigenvalue weighted by Gasteiger charge is 2.02. The van der Waals surface area contributed by atoms with Crippen LogP contribution in [-0.2, 0) is 0 Å². The van der Waals surface area contributed by atoms with Crippen molar-refractivity contribution in [2.45, 2.75) is 6.92 Å². The number of hydrogen-bond donors (Lipinski definition) is 3. The molecule has 0 fully saturated rings. The Labute approximate surface area is 108 Å². The third-order valence-electron chi connectivity index (χ3n) is 1.85. The number of guanidine groups is 1. The van der Waals surface area contributed by atoms with Gasteiger partial charge in [-0.15, -0.1) is 5.10 Å². The second-order valence-electron chi connectivity index (χ2n) is 3.44. The SMILES string of the molecule is CC(/C=N\Nc1ccc([N+](=O)[O-])cc1)=N/N=C(N)N. The minimum Gasteiger partial charge on any atom is -0.369 e. The fourth-order valence-corrected chi connectivity index (χ4v) is 1.02. The molecule has 100 valence electrons. The quantitative estimate of drug-likeness (QED) is 0.309. The molecule has 0 saturated carbocycles. The molecule has 0 radical (unpaired) electrons. The highest BCUT2D eigenvalue weighted by molar-refractivity contribution is 6.29. The summed E-state index contributed by atoms with van der Waals surface area (Å²) in [6.07, 6.45) is 1.41. The van der Waals surface area contributed by atoms with Crippen molar-refractivity contribution in [3.8, 4) is 0 Å². The van der Waals surface area contributed by atoms with Crippen LogP contribution in [0.15, 0.2) is 39.6 Å². The third-order valence-corrected chi connectivity index (χ3v) is 1.85. The first kappa shape index (κ1) is 14.1. The van der Waals surface area contributed by atoms with Crippen LogP contribution in [0.2, 0.25) is 0 Å². The molecule has 1 rings (SSSR count). The largest absolute Gasteiger partial charge is 0.369 e. The van der Waals surface area contributed by atoms with Gasteiger partial charge in [0, 0.05) is 12.1 Å². The first-order valence-electron chi connectivity index (χ1n) is 5.16. The molecule has 0 aliphatic carbocycles. The van der Waals surface area contributed by atoms with Crippen LogP contribution in [0.5, 0.6) is 0 Å². The Morgan fingerprint density at radius 2 is 1.95 bits per heavy atom. The molecule has 0 spiro atoms. The summed E-state index contributed by atoms with van der Waals surface area (Å²) in [5.74, 6) is -0.143. The fourth-order valence-electron chi connectivity index (χ4n) is 1.02. The number of hydrazone groups is 1. The Hall–Kier alpha value is -2.97. The maximum atomic E-state index is 10.4. The first-order valence-corrected chi connectivity index (χ1v) is 5.16. The standard InChI is InChI=1S/C10H13N7O2/c1-7(14-16-10(11)12)6-13-15-8-2-4-9(5-3-8)17(18)19/h2-6,15H,1H3,(H4,11,12,16)/b13-6-,14-7-. The van der Waals surface area contributed by atoms with Crippen LogP contribution < -0.4 is 16.9 Å². The smallest absolute Gasteiger partial charge is 0.269 e. The van der Waals surface area contributed by atoms with Crippen molar-refractivity contribution >= 4 is 29.3 Å². The zero-order valence-electron chi connectivity index (χ0n) is 10.1. The number of rotatable bonds is 5. The van der Waals surface area contributed by atoms with E-state index in [4.69, 9.17) is 11.5 Å². The number of benzene rings is 1. The minimum absolute atomic E-state index is 0.0139. The maximum absolute atomic E-state index is 10.4. The number of nitro groups is 1. The van der Waals surface area contributed by atoms with Crippen LogP contribution in [0.25, 0.3) is 0 Å². The Kier molecular flexibility index (Phi) is 4.96. The van der Waals surface area contributed by atoms with E-state index in [2.05, 4.69) is 20.7 Å². The van der Waals surface area contributed by atoms with E-state index < -0.39 is 4.92 Å². The van der Waals surface area contributed by atoms with Crippen molar-refractivity contribution in [3.05, 3.63) is 34.4 Å². The van der Waals surface area contributed by atoms with Crippen molar-refractivity contribution in [1.29, 1.82) is 0 Å². The monoisotopic (exact) mass is 263 g/mol. The Bertz CT molecular complexity index is 529. The van der Waals surface area contributed by atoms with Crippen molar-refractivity contribution < 1.29 is 4.92 Å². The summed E-state index contributed by atoms with van der Waals surface area (Å²) in [6, 6.07) is 5.83. The van der Waals surface area contributed by atoms with Crippen molar-refractivity contribution in [1.82, 2.24) is 0 Å². The molecule has 1 aromatic rings. The van der Waals surface area contributed by atoms with Gasteiger partial charge in [0.25, 0.3) is 5.69 Å². The Balaban J connectivity index is 2.59. The molecular weight excluding hydrogens is 250 g/mol. The first-order chi connectivity index (χ1) is 8.99. The van der Waals surface area contributed by atoms with Gasteiger partial charge in [-0.2, -0.15) is 10.2 Å². The van der Waals surface area contributed by atoms with E-state index in [9.17, 15) is 10.1 Å². The summed E-state index contributed by atoms with van der Waals surface area (Å²) in [5, 5.41) is 21.4. The molecule has 0 aromatic heterocycles. The van der Waals surface area contributed by atoms with E-state index in [1.165, 1.54) is 30.5 Å². The topological polar surface area (TPSA) is 144 Å². The van der Waals surface area contributed by atoms with Gasteiger partial charge in [-0.25, -0.2) is 0 Å². The van der Waals surface area contributed by atoms with E-state index in [1.807, 2.05) is 0 Å². The van der Waals surface area contributed by atoms with Gasteiger partial charge in [-0.3, -0.25) is 15.5 Å². The summed E-state index contributed by atoms with van der Waals surface area (Å²) < 4.78 is 0. The molecule has 0 saturated heterocycles. The molecule has 9 nitrogen and oxygen atoms in total.